The summed E-state index contributed by atoms with van der Waals surface area (Å²) in [7, 11) is 0. The molecule has 0 heterocycles. The maximum atomic E-state index is 4.47. The Morgan fingerprint density at radius 2 is 1.08 bits per heavy atom. The molecule has 0 fully saturated rings. The number of para-hydroxylation sites is 2. The van der Waals surface area contributed by atoms with Crippen LogP contribution >= 0.6 is 12.6 Å². The highest BCUT2D eigenvalue weighted by atomic mass is 32.1. The molecule has 0 spiro atoms. The highest BCUT2D eigenvalue weighted by Gasteiger charge is 2.12. The van der Waals surface area contributed by atoms with Gasteiger partial charge in [0.2, 0.25) is 0 Å². The lowest BCUT2D eigenvalue weighted by Gasteiger charge is -2.25. The lowest BCUT2D eigenvalue weighted by atomic mass is 10.1. The van der Waals surface area contributed by atoms with Crippen molar-refractivity contribution >= 4 is 40.5 Å². The van der Waals surface area contributed by atoms with E-state index in [0.717, 1.165) is 22.0 Å². The van der Waals surface area contributed by atoms with Gasteiger partial charge in [-0.25, -0.2) is 0 Å². The van der Waals surface area contributed by atoms with Crippen molar-refractivity contribution in [1.29, 1.82) is 0 Å². The lowest BCUT2D eigenvalue weighted by Crippen LogP contribution is -2.09. The molecule has 4 rings (SSSR count). The molecule has 0 saturated heterocycles. The van der Waals surface area contributed by atoms with Crippen molar-refractivity contribution in [1.82, 2.24) is 0 Å². The quantitative estimate of drug-likeness (QED) is 0.415. The van der Waals surface area contributed by atoms with Crippen LogP contribution in [0.2, 0.25) is 0 Å². The van der Waals surface area contributed by atoms with Crippen LogP contribution in [0.3, 0.4) is 0 Å². The predicted molar refractivity (Wildman–Crippen MR) is 106 cm³/mol. The minimum atomic E-state index is 0.977. The molecule has 0 radical (unpaired) electrons. The van der Waals surface area contributed by atoms with E-state index in [-0.39, 0.29) is 0 Å². The molecule has 0 aromatic heterocycles. The third kappa shape index (κ3) is 2.89. The molecule has 0 saturated carbocycles. The number of nitrogens with zero attached hydrogens (tertiary/aromatic N) is 1. The van der Waals surface area contributed by atoms with Gasteiger partial charge in [-0.15, -0.1) is 12.6 Å². The van der Waals surface area contributed by atoms with Gasteiger partial charge in [-0.3, -0.25) is 0 Å². The van der Waals surface area contributed by atoms with E-state index >= 15 is 0 Å². The van der Waals surface area contributed by atoms with Crippen molar-refractivity contribution in [2.24, 2.45) is 0 Å². The number of thiol groups is 1. The molecule has 0 aliphatic carbocycles. The molecule has 0 unspecified atom stereocenters. The second kappa shape index (κ2) is 6.42. The number of hydrogen-bond acceptors (Lipinski definition) is 2. The number of hydrogen-bond donors (Lipinski definition) is 1. The Hall–Kier alpha value is -2.71. The van der Waals surface area contributed by atoms with Gasteiger partial charge in [0.05, 0.1) is 0 Å². The molecule has 4 aromatic carbocycles. The van der Waals surface area contributed by atoms with Crippen molar-refractivity contribution in [2.75, 3.05) is 4.90 Å². The second-order valence-electron chi connectivity index (χ2n) is 5.72. The van der Waals surface area contributed by atoms with Crippen LogP contribution in [0, 0.1) is 0 Å². The summed E-state index contributed by atoms with van der Waals surface area (Å²) in [5, 5.41) is 2.41. The van der Waals surface area contributed by atoms with Crippen LogP contribution in [0.4, 0.5) is 17.1 Å². The van der Waals surface area contributed by atoms with Crippen molar-refractivity contribution in [3.63, 3.8) is 0 Å². The van der Waals surface area contributed by atoms with E-state index in [0.29, 0.717) is 0 Å². The van der Waals surface area contributed by atoms with Gasteiger partial charge in [0.25, 0.3) is 0 Å². The summed E-state index contributed by atoms with van der Waals surface area (Å²) in [5.74, 6) is 0. The van der Waals surface area contributed by atoms with Gasteiger partial charge >= 0.3 is 0 Å². The summed E-state index contributed by atoms with van der Waals surface area (Å²) in [5.41, 5.74) is 3.42. The standard InChI is InChI=1S/C22H17NS/c24-22-14-12-17-11-13-21(15-18(17)16-22)23(19-7-3-1-4-8-19)20-9-5-2-6-10-20/h1-16,24H. The van der Waals surface area contributed by atoms with Gasteiger partial charge < -0.3 is 4.90 Å². The topological polar surface area (TPSA) is 3.24 Å². The molecule has 2 heteroatoms. The first-order chi connectivity index (χ1) is 11.8. The fourth-order valence-corrected chi connectivity index (χ4v) is 3.18. The molecular weight excluding hydrogens is 310 g/mol. The van der Waals surface area contributed by atoms with E-state index in [1.54, 1.807) is 0 Å². The lowest BCUT2D eigenvalue weighted by molar-refractivity contribution is 1.29. The predicted octanol–water partition coefficient (Wildman–Crippen LogP) is 6.60. The average Bonchev–Trinajstić information content (AvgIpc) is 2.63. The number of fused-ring (bicyclic) bond motifs is 1. The minimum absolute atomic E-state index is 0.977. The van der Waals surface area contributed by atoms with E-state index in [1.165, 1.54) is 10.8 Å². The van der Waals surface area contributed by atoms with Crippen molar-refractivity contribution in [3.8, 4) is 0 Å². The van der Waals surface area contributed by atoms with Crippen molar-refractivity contribution in [3.05, 3.63) is 97.1 Å². The normalized spacial score (nSPS) is 10.7. The number of benzene rings is 4. The third-order valence-corrected chi connectivity index (χ3v) is 4.37. The first-order valence-electron chi connectivity index (χ1n) is 7.94. The van der Waals surface area contributed by atoms with E-state index < -0.39 is 0 Å². The molecule has 0 aliphatic rings. The monoisotopic (exact) mass is 327 g/mol. The second-order valence-corrected chi connectivity index (χ2v) is 6.24. The molecule has 0 aliphatic heterocycles. The number of anilines is 3. The van der Waals surface area contributed by atoms with Crippen LogP contribution in [-0.2, 0) is 0 Å². The summed E-state index contributed by atoms with van der Waals surface area (Å²) in [6, 6.07) is 33.7. The Morgan fingerprint density at radius 3 is 1.71 bits per heavy atom. The Bertz CT molecular complexity index is 925. The fourth-order valence-electron chi connectivity index (χ4n) is 2.96. The summed E-state index contributed by atoms with van der Waals surface area (Å²) in [4.78, 5) is 3.25. The first-order valence-corrected chi connectivity index (χ1v) is 8.39. The molecule has 4 aromatic rings. The van der Waals surface area contributed by atoms with Gasteiger partial charge in [-0.2, -0.15) is 0 Å². The van der Waals surface area contributed by atoms with E-state index in [9.17, 15) is 0 Å². The third-order valence-electron chi connectivity index (χ3n) is 4.09. The van der Waals surface area contributed by atoms with E-state index in [4.69, 9.17) is 0 Å². The van der Waals surface area contributed by atoms with Gasteiger partial charge in [-0.1, -0.05) is 48.5 Å². The molecular formula is C22H17NS. The van der Waals surface area contributed by atoms with Crippen LogP contribution in [0.25, 0.3) is 10.8 Å². The molecule has 0 atom stereocenters. The van der Waals surface area contributed by atoms with Gasteiger partial charge in [0, 0.05) is 22.0 Å². The van der Waals surface area contributed by atoms with Gasteiger partial charge in [0.15, 0.2) is 0 Å². The zero-order chi connectivity index (χ0) is 16.4. The highest BCUT2D eigenvalue weighted by molar-refractivity contribution is 7.80. The van der Waals surface area contributed by atoms with E-state index in [2.05, 4.69) is 96.4 Å². The Balaban J connectivity index is 1.90. The van der Waals surface area contributed by atoms with E-state index in [1.807, 2.05) is 18.2 Å². The maximum absolute atomic E-state index is 4.47. The molecule has 1 nitrogen and oxygen atoms in total. The van der Waals surface area contributed by atoms with Crippen LogP contribution in [0.1, 0.15) is 0 Å². The van der Waals surface area contributed by atoms with Crippen LogP contribution in [0.15, 0.2) is 102 Å². The molecule has 116 valence electrons. The molecule has 0 N–H and O–H groups in total. The Kier molecular flexibility index (Phi) is 3.97. The minimum Gasteiger partial charge on any atom is -0.310 e. The first kappa shape index (κ1) is 14.9. The zero-order valence-electron chi connectivity index (χ0n) is 13.1. The summed E-state index contributed by atoms with van der Waals surface area (Å²) >= 11 is 4.47. The highest BCUT2D eigenvalue weighted by Crippen LogP contribution is 2.35. The SMILES string of the molecule is Sc1ccc2ccc(N(c3ccccc3)c3ccccc3)cc2c1. The fraction of sp³-hybridized carbons (Fsp3) is 0. The average molecular weight is 327 g/mol. The molecule has 0 bridgehead atoms. The van der Waals surface area contributed by atoms with Crippen LogP contribution in [0.5, 0.6) is 0 Å². The Morgan fingerprint density at radius 1 is 0.500 bits per heavy atom. The zero-order valence-corrected chi connectivity index (χ0v) is 14.0. The van der Waals surface area contributed by atoms with Crippen molar-refractivity contribution < 1.29 is 0 Å². The summed E-state index contributed by atoms with van der Waals surface area (Å²) in [6.45, 7) is 0. The smallest absolute Gasteiger partial charge is 0.0468 e. The summed E-state index contributed by atoms with van der Waals surface area (Å²) < 4.78 is 0. The number of rotatable bonds is 3. The van der Waals surface area contributed by atoms with Gasteiger partial charge in [0.1, 0.15) is 0 Å². The maximum Gasteiger partial charge on any atom is 0.0468 e. The van der Waals surface area contributed by atoms with Crippen LogP contribution in [-0.4, -0.2) is 0 Å². The molecule has 0 amide bonds. The summed E-state index contributed by atoms with van der Waals surface area (Å²) in [6.07, 6.45) is 0. The Labute approximate surface area is 147 Å². The van der Waals surface area contributed by atoms with Gasteiger partial charge in [-0.05, 0) is 59.3 Å². The van der Waals surface area contributed by atoms with Crippen molar-refractivity contribution in [2.45, 2.75) is 4.90 Å². The largest absolute Gasteiger partial charge is 0.310 e. The van der Waals surface area contributed by atoms with Crippen LogP contribution < -0.4 is 4.90 Å². The molecule has 24 heavy (non-hydrogen) atoms.